The summed E-state index contributed by atoms with van der Waals surface area (Å²) in [5.41, 5.74) is 0. The highest BCUT2D eigenvalue weighted by atomic mass is 32.2. The van der Waals surface area contributed by atoms with Gasteiger partial charge in [-0.3, -0.25) is 4.68 Å². The zero-order valence-electron chi connectivity index (χ0n) is 11.8. The van der Waals surface area contributed by atoms with Crippen molar-refractivity contribution in [2.75, 3.05) is 13.6 Å². The summed E-state index contributed by atoms with van der Waals surface area (Å²) in [5, 5.41) is 20.2. The summed E-state index contributed by atoms with van der Waals surface area (Å²) >= 11 is 0. The number of sulfonamides is 1. The number of aryl methyl sites for hydroxylation is 1. The molecular weight excluding hydrogens is 296 g/mol. The van der Waals surface area contributed by atoms with Gasteiger partial charge in [0.05, 0.1) is 12.2 Å². The molecule has 0 aliphatic rings. The molecule has 0 fully saturated rings. The molecule has 1 atom stereocenters. The number of hydrogen-bond donors (Lipinski definition) is 3. The number of nitrogens with one attached hydrogen (secondary N) is 3. The number of rotatable bonds is 8. The fraction of sp³-hybridized carbons (Fsp3) is 0.600. The van der Waals surface area contributed by atoms with Crippen LogP contribution in [0, 0.1) is 0 Å². The Hall–Kier alpha value is -1.85. The number of hydrogen-bond acceptors (Lipinski definition) is 7. The summed E-state index contributed by atoms with van der Waals surface area (Å²) in [5.74, 6) is 0.278. The van der Waals surface area contributed by atoms with Gasteiger partial charge in [0.2, 0.25) is 10.0 Å². The Morgan fingerprint density at radius 2 is 2.29 bits per heavy atom. The van der Waals surface area contributed by atoms with Gasteiger partial charge in [-0.15, -0.1) is 10.2 Å². The monoisotopic (exact) mass is 314 g/mol. The van der Waals surface area contributed by atoms with E-state index in [1.165, 1.54) is 12.4 Å². The van der Waals surface area contributed by atoms with Gasteiger partial charge in [0, 0.05) is 12.7 Å². The van der Waals surface area contributed by atoms with Crippen LogP contribution in [0.2, 0.25) is 0 Å². The van der Waals surface area contributed by atoms with Crippen LogP contribution in [-0.4, -0.2) is 52.4 Å². The summed E-state index contributed by atoms with van der Waals surface area (Å²) in [6, 6.07) is -0.582. The third-order valence-corrected chi connectivity index (χ3v) is 4.31. The third kappa shape index (κ3) is 4.06. The first-order valence-electron chi connectivity index (χ1n) is 6.45. The van der Waals surface area contributed by atoms with Crippen LogP contribution in [0.25, 0.3) is 0 Å². The van der Waals surface area contributed by atoms with Crippen LogP contribution in [-0.2, 0) is 16.6 Å². The van der Waals surface area contributed by atoms with Crippen molar-refractivity contribution < 1.29 is 8.42 Å². The first-order valence-corrected chi connectivity index (χ1v) is 7.94. The smallest absolute Gasteiger partial charge is 0.244 e. The molecule has 0 radical (unpaired) electrons. The largest absolute Gasteiger partial charge is 0.320 e. The fourth-order valence-electron chi connectivity index (χ4n) is 1.73. The Balaban J connectivity index is 2.02. The molecule has 21 heavy (non-hydrogen) atoms. The van der Waals surface area contributed by atoms with E-state index >= 15 is 0 Å². The van der Waals surface area contributed by atoms with E-state index in [-0.39, 0.29) is 10.7 Å². The van der Waals surface area contributed by atoms with Gasteiger partial charge in [-0.05, 0) is 26.9 Å². The molecule has 0 bridgehead atoms. The second kappa shape index (κ2) is 6.74. The molecule has 0 amide bonds. The third-order valence-electron chi connectivity index (χ3n) is 2.81. The SMILES string of the molecule is CNCCCn1cc(S(=O)(=O)NC(C)c2nn[nH]n2)cn1. The molecule has 0 aliphatic carbocycles. The van der Waals surface area contributed by atoms with Crippen molar-refractivity contribution >= 4 is 10.0 Å². The quantitative estimate of drug-likeness (QED) is 0.535. The van der Waals surface area contributed by atoms with Gasteiger partial charge in [-0.1, -0.05) is 5.21 Å². The van der Waals surface area contributed by atoms with Gasteiger partial charge in [0.1, 0.15) is 4.90 Å². The van der Waals surface area contributed by atoms with Crippen molar-refractivity contribution in [3.8, 4) is 0 Å². The lowest BCUT2D eigenvalue weighted by Crippen LogP contribution is -2.27. The molecule has 1 unspecified atom stereocenters. The molecule has 0 saturated heterocycles. The van der Waals surface area contributed by atoms with Crippen molar-refractivity contribution in [1.29, 1.82) is 0 Å². The minimum absolute atomic E-state index is 0.113. The minimum Gasteiger partial charge on any atom is -0.320 e. The lowest BCUT2D eigenvalue weighted by molar-refractivity contribution is 0.554. The zero-order chi connectivity index (χ0) is 15.3. The molecule has 2 rings (SSSR count). The molecule has 2 aromatic heterocycles. The van der Waals surface area contributed by atoms with Gasteiger partial charge in [0.15, 0.2) is 5.82 Å². The normalized spacial score (nSPS) is 13.4. The Morgan fingerprint density at radius 1 is 1.48 bits per heavy atom. The molecule has 2 aromatic rings. The summed E-state index contributed by atoms with van der Waals surface area (Å²) < 4.78 is 28.5. The fourth-order valence-corrected chi connectivity index (χ4v) is 2.88. The van der Waals surface area contributed by atoms with E-state index in [1.54, 1.807) is 11.6 Å². The van der Waals surface area contributed by atoms with Crippen molar-refractivity contribution in [1.82, 2.24) is 40.4 Å². The second-order valence-corrected chi connectivity index (χ2v) is 6.22. The number of nitrogens with zero attached hydrogens (tertiary/aromatic N) is 5. The van der Waals surface area contributed by atoms with Crippen LogP contribution in [0.3, 0.4) is 0 Å². The Labute approximate surface area is 122 Å². The lowest BCUT2D eigenvalue weighted by Gasteiger charge is -2.08. The number of H-pyrrole nitrogens is 1. The van der Waals surface area contributed by atoms with Crippen molar-refractivity contribution in [2.24, 2.45) is 0 Å². The maximum absolute atomic E-state index is 12.2. The molecule has 0 aliphatic heterocycles. The molecular formula is C10H18N8O2S. The zero-order valence-corrected chi connectivity index (χ0v) is 12.6. The van der Waals surface area contributed by atoms with E-state index in [9.17, 15) is 8.42 Å². The van der Waals surface area contributed by atoms with Crippen LogP contribution < -0.4 is 10.0 Å². The predicted molar refractivity (Wildman–Crippen MR) is 73.7 cm³/mol. The minimum atomic E-state index is -3.67. The van der Waals surface area contributed by atoms with Crippen molar-refractivity contribution in [2.45, 2.75) is 30.8 Å². The van der Waals surface area contributed by atoms with Crippen LogP contribution in [0.5, 0.6) is 0 Å². The first-order chi connectivity index (χ1) is 10.0. The molecule has 10 nitrogen and oxygen atoms in total. The highest BCUT2D eigenvalue weighted by molar-refractivity contribution is 7.89. The maximum Gasteiger partial charge on any atom is 0.244 e. The highest BCUT2D eigenvalue weighted by Gasteiger charge is 2.22. The van der Waals surface area contributed by atoms with Crippen LogP contribution in [0.4, 0.5) is 0 Å². The molecule has 2 heterocycles. The summed E-state index contributed by atoms with van der Waals surface area (Å²) in [7, 11) is -1.80. The Bertz CT molecular complexity index is 650. The summed E-state index contributed by atoms with van der Waals surface area (Å²) in [6.07, 6.45) is 3.69. The van der Waals surface area contributed by atoms with Gasteiger partial charge < -0.3 is 5.32 Å². The van der Waals surface area contributed by atoms with Crippen LogP contribution in [0.1, 0.15) is 25.2 Å². The molecule has 0 aromatic carbocycles. The summed E-state index contributed by atoms with van der Waals surface area (Å²) in [6.45, 7) is 3.13. The standard InChI is InChI=1S/C10H18N8O2S/c1-8(10-13-16-17-14-10)15-21(19,20)9-6-12-18(7-9)5-3-4-11-2/h6-8,11,15H,3-5H2,1-2H3,(H,13,14,16,17). The molecule has 0 saturated carbocycles. The molecule has 11 heteroatoms. The average Bonchev–Trinajstić information content (AvgIpc) is 3.10. The van der Waals surface area contributed by atoms with E-state index in [0.717, 1.165) is 13.0 Å². The van der Waals surface area contributed by atoms with E-state index in [1.807, 2.05) is 7.05 Å². The topological polar surface area (TPSA) is 130 Å². The first kappa shape index (κ1) is 15.5. The molecule has 0 spiro atoms. The Morgan fingerprint density at radius 3 is 2.95 bits per heavy atom. The van der Waals surface area contributed by atoms with Crippen LogP contribution in [0.15, 0.2) is 17.3 Å². The summed E-state index contributed by atoms with van der Waals surface area (Å²) in [4.78, 5) is 0.113. The van der Waals surface area contributed by atoms with Gasteiger partial charge in [-0.25, -0.2) is 13.1 Å². The van der Waals surface area contributed by atoms with E-state index in [0.29, 0.717) is 6.54 Å². The number of aromatic amines is 1. The average molecular weight is 314 g/mol. The van der Waals surface area contributed by atoms with E-state index < -0.39 is 16.1 Å². The highest BCUT2D eigenvalue weighted by Crippen LogP contribution is 2.12. The van der Waals surface area contributed by atoms with Crippen molar-refractivity contribution in [3.05, 3.63) is 18.2 Å². The van der Waals surface area contributed by atoms with E-state index in [2.05, 4.69) is 35.8 Å². The number of aromatic nitrogens is 6. The maximum atomic E-state index is 12.2. The van der Waals surface area contributed by atoms with Gasteiger partial charge in [0.25, 0.3) is 0 Å². The van der Waals surface area contributed by atoms with Crippen molar-refractivity contribution in [3.63, 3.8) is 0 Å². The molecule has 116 valence electrons. The predicted octanol–water partition coefficient (Wildman–Crippen LogP) is -0.955. The number of tetrazole rings is 1. The van der Waals surface area contributed by atoms with Gasteiger partial charge >= 0.3 is 0 Å². The Kier molecular flexibility index (Phi) is 4.98. The second-order valence-electron chi connectivity index (χ2n) is 4.51. The molecule has 3 N–H and O–H groups in total. The lowest BCUT2D eigenvalue weighted by atomic mass is 10.4. The van der Waals surface area contributed by atoms with Crippen LogP contribution >= 0.6 is 0 Å². The van der Waals surface area contributed by atoms with Gasteiger partial charge in [-0.2, -0.15) is 10.3 Å². The van der Waals surface area contributed by atoms with E-state index in [4.69, 9.17) is 0 Å².